The van der Waals surface area contributed by atoms with Crippen LogP contribution in [0.25, 0.3) is 0 Å². The normalized spacial score (nSPS) is 20.1. The summed E-state index contributed by atoms with van der Waals surface area (Å²) >= 11 is 1.09. The van der Waals surface area contributed by atoms with Crippen LogP contribution in [-0.2, 0) is 4.79 Å². The molecule has 148 valence electrons. The fourth-order valence-electron chi connectivity index (χ4n) is 3.37. The number of carboxylic acid groups (broad SMARTS) is 1. The monoisotopic (exact) mass is 388 g/mol. The lowest BCUT2D eigenvalue weighted by atomic mass is 9.82. The zero-order valence-electron chi connectivity index (χ0n) is 17.2. The Kier molecular flexibility index (Phi) is 6.75. The minimum absolute atomic E-state index is 0.0209. The maximum Gasteiger partial charge on any atom is 0.230 e. The van der Waals surface area contributed by atoms with E-state index >= 15 is 0 Å². The molecule has 0 bridgehead atoms. The zero-order valence-corrected chi connectivity index (χ0v) is 18.0. The smallest absolute Gasteiger partial charge is 0.230 e. The summed E-state index contributed by atoms with van der Waals surface area (Å²) in [4.78, 5) is 27.3. The molecular formula is C22H30NO3S-. The summed E-state index contributed by atoms with van der Waals surface area (Å²) in [6.45, 7) is 12.1. The second-order valence-corrected chi connectivity index (χ2v) is 9.92. The molecule has 4 nitrogen and oxygen atoms in total. The van der Waals surface area contributed by atoms with Crippen molar-refractivity contribution in [2.75, 3.05) is 4.90 Å². The van der Waals surface area contributed by atoms with Gasteiger partial charge in [-0.15, -0.1) is 11.3 Å². The standard InChI is InChI=1S/C22H31NO3S/c1-14(2)23(20(24)16-9-7-15(3)8-10-16)18-13-17(11-12-22(4,5)6)27-19(18)21(25)26/h13-16H,7-10H2,1-6H3,(H,25,26)/p-1. The summed E-state index contributed by atoms with van der Waals surface area (Å²) in [6.07, 6.45) is 3.82. The van der Waals surface area contributed by atoms with Gasteiger partial charge in [-0.2, -0.15) is 0 Å². The SMILES string of the molecule is CC1CCC(C(=O)N(c2cc(C#CC(C)(C)C)sc2C(=O)[O-])C(C)C)CC1. The van der Waals surface area contributed by atoms with E-state index < -0.39 is 5.97 Å². The third-order valence-corrected chi connectivity index (χ3v) is 5.86. The molecule has 5 heteroatoms. The van der Waals surface area contributed by atoms with Gasteiger partial charge in [-0.3, -0.25) is 4.79 Å². The molecule has 0 aromatic carbocycles. The Morgan fingerprint density at radius 2 is 1.81 bits per heavy atom. The molecule has 1 saturated carbocycles. The Balaban J connectivity index is 2.40. The summed E-state index contributed by atoms with van der Waals surface area (Å²) in [5.74, 6) is 5.56. The number of rotatable bonds is 4. The minimum atomic E-state index is -1.26. The van der Waals surface area contributed by atoms with Gasteiger partial charge in [-0.25, -0.2) is 0 Å². The number of thiophene rings is 1. The van der Waals surface area contributed by atoms with E-state index in [1.165, 1.54) is 0 Å². The lowest BCUT2D eigenvalue weighted by Crippen LogP contribution is -2.43. The maximum absolute atomic E-state index is 13.2. The molecule has 0 N–H and O–H groups in total. The number of hydrogen-bond donors (Lipinski definition) is 0. The van der Waals surface area contributed by atoms with Gasteiger partial charge in [-0.1, -0.05) is 18.8 Å². The first-order valence-electron chi connectivity index (χ1n) is 9.71. The molecule has 2 rings (SSSR count). The number of carboxylic acids is 1. The molecule has 0 atom stereocenters. The van der Waals surface area contributed by atoms with Gasteiger partial charge in [0.2, 0.25) is 5.91 Å². The van der Waals surface area contributed by atoms with E-state index in [4.69, 9.17) is 0 Å². The fraction of sp³-hybridized carbons (Fsp3) is 0.636. The number of hydrogen-bond acceptors (Lipinski definition) is 4. The largest absolute Gasteiger partial charge is 0.544 e. The molecule has 0 saturated heterocycles. The highest BCUT2D eigenvalue weighted by Crippen LogP contribution is 2.35. The fourth-order valence-corrected chi connectivity index (χ4v) is 4.21. The van der Waals surface area contributed by atoms with Crippen LogP contribution in [0, 0.1) is 29.1 Å². The summed E-state index contributed by atoms with van der Waals surface area (Å²) < 4.78 is 0. The number of carbonyl (C=O) groups is 2. The van der Waals surface area contributed by atoms with Crippen LogP contribution in [0.1, 0.15) is 81.8 Å². The summed E-state index contributed by atoms with van der Waals surface area (Å²) in [6, 6.07) is 1.60. The molecule has 1 aliphatic carbocycles. The van der Waals surface area contributed by atoms with Gasteiger partial charge < -0.3 is 14.8 Å². The van der Waals surface area contributed by atoms with Crippen LogP contribution in [0.15, 0.2) is 6.07 Å². The van der Waals surface area contributed by atoms with Crippen molar-refractivity contribution in [3.63, 3.8) is 0 Å². The van der Waals surface area contributed by atoms with E-state index in [0.717, 1.165) is 37.0 Å². The van der Waals surface area contributed by atoms with Crippen molar-refractivity contribution in [1.82, 2.24) is 0 Å². The van der Waals surface area contributed by atoms with Crippen LogP contribution in [0.5, 0.6) is 0 Å². The second kappa shape index (κ2) is 8.48. The van der Waals surface area contributed by atoms with Gasteiger partial charge in [0.15, 0.2) is 0 Å². The average Bonchev–Trinajstić information content (AvgIpc) is 2.97. The van der Waals surface area contributed by atoms with Crippen LogP contribution in [0.4, 0.5) is 5.69 Å². The lowest BCUT2D eigenvalue weighted by molar-refractivity contribution is -0.254. The van der Waals surface area contributed by atoms with Gasteiger partial charge in [0.25, 0.3) is 0 Å². The van der Waals surface area contributed by atoms with Crippen molar-refractivity contribution in [2.24, 2.45) is 17.3 Å². The van der Waals surface area contributed by atoms with Crippen molar-refractivity contribution in [3.8, 4) is 11.8 Å². The Hall–Kier alpha value is -1.80. The van der Waals surface area contributed by atoms with Crippen LogP contribution in [0.3, 0.4) is 0 Å². The van der Waals surface area contributed by atoms with Crippen molar-refractivity contribution in [2.45, 2.75) is 73.3 Å². The first-order chi connectivity index (χ1) is 12.5. The van der Waals surface area contributed by atoms with E-state index in [1.54, 1.807) is 11.0 Å². The zero-order chi connectivity index (χ0) is 20.4. The van der Waals surface area contributed by atoms with Crippen LogP contribution >= 0.6 is 11.3 Å². The Morgan fingerprint density at radius 3 is 2.30 bits per heavy atom. The minimum Gasteiger partial charge on any atom is -0.544 e. The first kappa shape index (κ1) is 21.5. The molecule has 0 unspecified atom stereocenters. The van der Waals surface area contributed by atoms with E-state index in [2.05, 4.69) is 18.8 Å². The third kappa shape index (κ3) is 5.59. The molecule has 0 spiro atoms. The number of anilines is 1. The predicted octanol–water partition coefficient (Wildman–Crippen LogP) is 4.08. The average molecular weight is 389 g/mol. The number of aromatic carboxylic acids is 1. The van der Waals surface area contributed by atoms with Gasteiger partial charge >= 0.3 is 0 Å². The highest BCUT2D eigenvalue weighted by atomic mass is 32.1. The van der Waals surface area contributed by atoms with Crippen LogP contribution in [-0.4, -0.2) is 17.9 Å². The second-order valence-electron chi connectivity index (χ2n) is 8.87. The predicted molar refractivity (Wildman–Crippen MR) is 109 cm³/mol. The van der Waals surface area contributed by atoms with E-state index in [0.29, 0.717) is 16.5 Å². The number of carbonyl (C=O) groups excluding carboxylic acids is 2. The molecule has 1 heterocycles. The summed E-state index contributed by atoms with van der Waals surface area (Å²) in [5, 5.41) is 11.7. The van der Waals surface area contributed by atoms with Crippen molar-refractivity contribution < 1.29 is 14.7 Å². The van der Waals surface area contributed by atoms with Gasteiger partial charge in [0.05, 0.1) is 21.4 Å². The lowest BCUT2D eigenvalue weighted by Gasteiger charge is -2.33. The molecule has 1 fully saturated rings. The van der Waals surface area contributed by atoms with Gasteiger partial charge in [0, 0.05) is 17.4 Å². The van der Waals surface area contributed by atoms with Crippen molar-refractivity contribution >= 4 is 28.9 Å². The van der Waals surface area contributed by atoms with Crippen LogP contribution in [0.2, 0.25) is 0 Å². The Bertz CT molecular complexity index is 753. The number of nitrogens with zero attached hydrogens (tertiary/aromatic N) is 1. The van der Waals surface area contributed by atoms with Crippen molar-refractivity contribution in [3.05, 3.63) is 15.8 Å². The molecule has 0 aliphatic heterocycles. The Labute approximate surface area is 167 Å². The topological polar surface area (TPSA) is 60.4 Å². The highest BCUT2D eigenvalue weighted by Gasteiger charge is 2.32. The van der Waals surface area contributed by atoms with Crippen LogP contribution < -0.4 is 10.0 Å². The molecule has 1 amide bonds. The van der Waals surface area contributed by atoms with Gasteiger partial charge in [-0.05, 0) is 72.3 Å². The quantitative estimate of drug-likeness (QED) is 0.730. The van der Waals surface area contributed by atoms with E-state index in [-0.39, 0.29) is 28.2 Å². The molecule has 1 aromatic heterocycles. The summed E-state index contributed by atoms with van der Waals surface area (Å²) in [7, 11) is 0. The first-order valence-corrected chi connectivity index (χ1v) is 10.5. The maximum atomic E-state index is 13.2. The highest BCUT2D eigenvalue weighted by molar-refractivity contribution is 7.15. The summed E-state index contributed by atoms with van der Waals surface area (Å²) in [5.41, 5.74) is 0.245. The van der Waals surface area contributed by atoms with Crippen molar-refractivity contribution in [1.29, 1.82) is 0 Å². The van der Waals surface area contributed by atoms with Gasteiger partial charge in [0.1, 0.15) is 0 Å². The van der Waals surface area contributed by atoms with E-state index in [9.17, 15) is 14.7 Å². The molecular weight excluding hydrogens is 358 g/mol. The Morgan fingerprint density at radius 1 is 1.22 bits per heavy atom. The molecule has 0 radical (unpaired) electrons. The third-order valence-electron chi connectivity index (χ3n) is 4.84. The number of amides is 1. The molecule has 1 aliphatic rings. The van der Waals surface area contributed by atoms with E-state index in [1.807, 2.05) is 34.6 Å². The molecule has 27 heavy (non-hydrogen) atoms. The molecule has 1 aromatic rings.